The molecule has 0 radical (unpaired) electrons. The minimum absolute atomic E-state index is 0.118. The Balaban J connectivity index is 1.81. The monoisotopic (exact) mass is 435 g/mol. The second kappa shape index (κ2) is 8.24. The molecule has 1 N–H and O–H groups in total. The van der Waals surface area contributed by atoms with Crippen LogP contribution >= 0.6 is 11.6 Å². The van der Waals surface area contributed by atoms with E-state index in [0.29, 0.717) is 43.8 Å². The lowest BCUT2D eigenvalue weighted by atomic mass is 10.2. The standard InChI is InChI=1S/C17H17ClF3N3O3S/c18-15-4-3-13(10-14(15)17(19,20)21)28(25,26)23-11-12-2-1-5-22-16(12)24-6-8-27-9-7-24/h1-5,10,23H,6-9,11H2. The van der Waals surface area contributed by atoms with E-state index in [1.807, 2.05) is 4.90 Å². The third-order valence-electron chi connectivity index (χ3n) is 4.18. The van der Waals surface area contributed by atoms with Crippen molar-refractivity contribution in [1.29, 1.82) is 0 Å². The van der Waals surface area contributed by atoms with Gasteiger partial charge in [-0.3, -0.25) is 0 Å². The third kappa shape index (κ3) is 4.75. The second-order valence-electron chi connectivity index (χ2n) is 6.05. The second-order valence-corrected chi connectivity index (χ2v) is 8.22. The predicted octanol–water partition coefficient (Wildman–Crippen LogP) is 3.07. The van der Waals surface area contributed by atoms with Gasteiger partial charge in [0.2, 0.25) is 10.0 Å². The highest BCUT2D eigenvalue weighted by Gasteiger charge is 2.34. The molecule has 0 aliphatic carbocycles. The fourth-order valence-electron chi connectivity index (χ4n) is 2.77. The lowest BCUT2D eigenvalue weighted by Gasteiger charge is -2.29. The molecule has 2 heterocycles. The number of hydrogen-bond donors (Lipinski definition) is 1. The zero-order valence-corrected chi connectivity index (χ0v) is 16.1. The Hall–Kier alpha value is -1.88. The summed E-state index contributed by atoms with van der Waals surface area (Å²) >= 11 is 5.55. The predicted molar refractivity (Wildman–Crippen MR) is 97.7 cm³/mol. The number of anilines is 1. The number of nitrogens with zero attached hydrogens (tertiary/aromatic N) is 2. The van der Waals surface area contributed by atoms with Crippen molar-refractivity contribution in [3.05, 3.63) is 52.7 Å². The Kier molecular flexibility index (Phi) is 6.13. The molecule has 2 aromatic rings. The van der Waals surface area contributed by atoms with Crippen LogP contribution in [0.4, 0.5) is 19.0 Å². The molecular weight excluding hydrogens is 419 g/mol. The molecule has 1 fully saturated rings. The summed E-state index contributed by atoms with van der Waals surface area (Å²) in [4.78, 5) is 5.76. The zero-order chi connectivity index (χ0) is 20.4. The van der Waals surface area contributed by atoms with E-state index in [1.54, 1.807) is 18.3 Å². The maximum absolute atomic E-state index is 13.0. The fraction of sp³-hybridized carbons (Fsp3) is 0.353. The van der Waals surface area contributed by atoms with E-state index in [2.05, 4.69) is 9.71 Å². The van der Waals surface area contributed by atoms with Gasteiger partial charge in [0, 0.05) is 31.4 Å². The van der Waals surface area contributed by atoms with Gasteiger partial charge in [-0.1, -0.05) is 17.7 Å². The Morgan fingerprint density at radius 2 is 1.93 bits per heavy atom. The molecule has 28 heavy (non-hydrogen) atoms. The minimum atomic E-state index is -4.75. The number of benzene rings is 1. The Labute approximate surface area is 165 Å². The average molecular weight is 436 g/mol. The van der Waals surface area contributed by atoms with E-state index >= 15 is 0 Å². The van der Waals surface area contributed by atoms with E-state index in [1.165, 1.54) is 0 Å². The molecule has 0 spiro atoms. The first-order valence-electron chi connectivity index (χ1n) is 8.31. The summed E-state index contributed by atoms with van der Waals surface area (Å²) in [6.07, 6.45) is -3.16. The summed E-state index contributed by atoms with van der Waals surface area (Å²) in [5.74, 6) is 0.612. The largest absolute Gasteiger partial charge is 0.417 e. The van der Waals surface area contributed by atoms with Crippen molar-refractivity contribution in [2.75, 3.05) is 31.2 Å². The van der Waals surface area contributed by atoms with E-state index in [-0.39, 0.29) is 6.54 Å². The Morgan fingerprint density at radius 3 is 2.61 bits per heavy atom. The number of pyridine rings is 1. The van der Waals surface area contributed by atoms with Crippen molar-refractivity contribution in [3.8, 4) is 0 Å². The first-order valence-corrected chi connectivity index (χ1v) is 10.2. The van der Waals surface area contributed by atoms with Crippen LogP contribution < -0.4 is 9.62 Å². The number of ether oxygens (including phenoxy) is 1. The maximum atomic E-state index is 13.0. The normalized spacial score (nSPS) is 15.6. The van der Waals surface area contributed by atoms with Gasteiger partial charge >= 0.3 is 6.18 Å². The third-order valence-corrected chi connectivity index (χ3v) is 5.91. The molecule has 1 aromatic heterocycles. The highest BCUT2D eigenvalue weighted by molar-refractivity contribution is 7.89. The smallest absolute Gasteiger partial charge is 0.378 e. The molecule has 11 heteroatoms. The molecular formula is C17H17ClF3N3O3S. The van der Waals surface area contributed by atoms with Crippen LogP contribution in [0.25, 0.3) is 0 Å². The molecule has 6 nitrogen and oxygen atoms in total. The van der Waals surface area contributed by atoms with E-state index < -0.39 is 31.7 Å². The summed E-state index contributed by atoms with van der Waals surface area (Å²) < 4.78 is 71.7. The number of morpholine rings is 1. The van der Waals surface area contributed by atoms with Crippen LogP contribution in [0.15, 0.2) is 41.4 Å². The number of aromatic nitrogens is 1. The van der Waals surface area contributed by atoms with Gasteiger partial charge in [-0.25, -0.2) is 18.1 Å². The quantitative estimate of drug-likeness (QED) is 0.781. The Bertz CT molecular complexity index is 948. The number of alkyl halides is 3. The number of halogens is 4. The number of sulfonamides is 1. The molecule has 0 atom stereocenters. The minimum Gasteiger partial charge on any atom is -0.378 e. The molecule has 3 rings (SSSR count). The fourth-order valence-corrected chi connectivity index (χ4v) is 4.03. The van der Waals surface area contributed by atoms with Crippen molar-refractivity contribution in [3.63, 3.8) is 0 Å². The van der Waals surface area contributed by atoms with Gasteiger partial charge in [0.25, 0.3) is 0 Å². The number of hydrogen-bond acceptors (Lipinski definition) is 5. The molecule has 1 aromatic carbocycles. The summed E-state index contributed by atoms with van der Waals surface area (Å²) in [5.41, 5.74) is -0.592. The van der Waals surface area contributed by atoms with Crippen molar-refractivity contribution in [1.82, 2.24) is 9.71 Å². The summed E-state index contributed by atoms with van der Waals surface area (Å²) in [6.45, 7) is 2.18. The topological polar surface area (TPSA) is 71.5 Å². The summed E-state index contributed by atoms with van der Waals surface area (Å²) in [6, 6.07) is 5.85. The molecule has 0 unspecified atom stereocenters. The molecule has 152 valence electrons. The van der Waals surface area contributed by atoms with E-state index in [9.17, 15) is 21.6 Å². The van der Waals surface area contributed by atoms with Crippen LogP contribution in [-0.2, 0) is 27.5 Å². The van der Waals surface area contributed by atoms with Crippen molar-refractivity contribution >= 4 is 27.4 Å². The van der Waals surface area contributed by atoms with Gasteiger partial charge < -0.3 is 9.64 Å². The van der Waals surface area contributed by atoms with Crippen LogP contribution in [0, 0.1) is 0 Å². The molecule has 1 saturated heterocycles. The average Bonchev–Trinajstić information content (AvgIpc) is 2.66. The number of rotatable bonds is 5. The van der Waals surface area contributed by atoms with E-state index in [0.717, 1.165) is 12.1 Å². The summed E-state index contributed by atoms with van der Waals surface area (Å²) in [5, 5.41) is -0.562. The summed E-state index contributed by atoms with van der Waals surface area (Å²) in [7, 11) is -4.19. The van der Waals surface area contributed by atoms with Gasteiger partial charge in [-0.05, 0) is 24.3 Å². The van der Waals surface area contributed by atoms with E-state index in [4.69, 9.17) is 16.3 Å². The van der Waals surface area contributed by atoms with Crippen molar-refractivity contribution in [2.45, 2.75) is 17.6 Å². The highest BCUT2D eigenvalue weighted by atomic mass is 35.5. The van der Waals surface area contributed by atoms with Crippen molar-refractivity contribution in [2.24, 2.45) is 0 Å². The maximum Gasteiger partial charge on any atom is 0.417 e. The zero-order valence-electron chi connectivity index (χ0n) is 14.5. The molecule has 0 bridgehead atoms. The van der Waals surface area contributed by atoms with Crippen LogP contribution in [0.1, 0.15) is 11.1 Å². The number of nitrogens with one attached hydrogen (secondary N) is 1. The highest BCUT2D eigenvalue weighted by Crippen LogP contribution is 2.36. The van der Waals surface area contributed by atoms with Crippen LogP contribution in [0.5, 0.6) is 0 Å². The molecule has 1 aliphatic rings. The molecule has 0 amide bonds. The molecule has 0 saturated carbocycles. The lowest BCUT2D eigenvalue weighted by molar-refractivity contribution is -0.137. The van der Waals surface area contributed by atoms with Gasteiger partial charge in [-0.2, -0.15) is 13.2 Å². The van der Waals surface area contributed by atoms with Gasteiger partial charge in [-0.15, -0.1) is 0 Å². The van der Waals surface area contributed by atoms with Crippen molar-refractivity contribution < 1.29 is 26.3 Å². The van der Waals surface area contributed by atoms with Gasteiger partial charge in [0.15, 0.2) is 0 Å². The van der Waals surface area contributed by atoms with Gasteiger partial charge in [0.05, 0.1) is 28.7 Å². The lowest BCUT2D eigenvalue weighted by Crippen LogP contribution is -2.37. The van der Waals surface area contributed by atoms with Crippen LogP contribution in [-0.4, -0.2) is 39.7 Å². The first kappa shape index (κ1) is 20.8. The SMILES string of the molecule is O=S(=O)(NCc1cccnc1N1CCOCC1)c1ccc(Cl)c(C(F)(F)F)c1. The van der Waals surface area contributed by atoms with Crippen LogP contribution in [0.3, 0.4) is 0 Å². The molecule has 1 aliphatic heterocycles. The van der Waals surface area contributed by atoms with Gasteiger partial charge in [0.1, 0.15) is 5.82 Å². The first-order chi connectivity index (χ1) is 13.2. The van der Waals surface area contributed by atoms with Crippen LogP contribution in [0.2, 0.25) is 5.02 Å². The Morgan fingerprint density at radius 1 is 1.21 bits per heavy atom.